The lowest BCUT2D eigenvalue weighted by Gasteiger charge is -2.31. The summed E-state index contributed by atoms with van der Waals surface area (Å²) in [5.41, 5.74) is 1.71. The topological polar surface area (TPSA) is 89.5 Å². The van der Waals surface area contributed by atoms with Gasteiger partial charge in [-0.05, 0) is 62.9 Å². The van der Waals surface area contributed by atoms with Crippen molar-refractivity contribution >= 4 is 16.9 Å². The van der Waals surface area contributed by atoms with Crippen LogP contribution in [0, 0.1) is 22.7 Å². The van der Waals surface area contributed by atoms with Gasteiger partial charge in [-0.15, -0.1) is 0 Å². The van der Waals surface area contributed by atoms with Crippen LogP contribution < -0.4 is 10.6 Å². The minimum absolute atomic E-state index is 0.241. The van der Waals surface area contributed by atoms with E-state index in [4.69, 9.17) is 9.78 Å². The second kappa shape index (κ2) is 10.6. The molecule has 2 N–H and O–H groups in total. The van der Waals surface area contributed by atoms with Crippen LogP contribution in [0.3, 0.4) is 0 Å². The van der Waals surface area contributed by atoms with E-state index < -0.39 is 0 Å². The monoisotopic (exact) mass is 428 g/mol. The summed E-state index contributed by atoms with van der Waals surface area (Å²) >= 11 is 0. The van der Waals surface area contributed by atoms with Crippen molar-refractivity contribution in [2.24, 2.45) is 10.4 Å². The molecule has 1 aliphatic heterocycles. The van der Waals surface area contributed by atoms with Crippen molar-refractivity contribution in [1.29, 1.82) is 5.26 Å². The number of fused-ring (bicyclic) bond motifs is 1. The number of likely N-dealkylation sites (tertiary alicyclic amines) is 1. The van der Waals surface area contributed by atoms with Crippen LogP contribution in [0.25, 0.3) is 11.0 Å². The van der Waals surface area contributed by atoms with Gasteiger partial charge in [0.05, 0.1) is 5.69 Å². The van der Waals surface area contributed by atoms with Gasteiger partial charge < -0.3 is 14.7 Å². The highest BCUT2D eigenvalue weighted by Gasteiger charge is 2.24. The van der Waals surface area contributed by atoms with E-state index in [1.165, 1.54) is 12.1 Å². The summed E-state index contributed by atoms with van der Waals surface area (Å²) in [7, 11) is 0. The molecule has 1 fully saturated rings. The van der Waals surface area contributed by atoms with Crippen LogP contribution >= 0.6 is 0 Å². The SMILES string of the molecule is CC(C)(C)CCNC(=NCCCN1CCC(c2noc3cc(F)ccc23)CC1)NC#N. The third-order valence-corrected chi connectivity index (χ3v) is 5.68. The molecule has 168 valence electrons. The zero-order valence-electron chi connectivity index (χ0n) is 18.7. The Kier molecular flexibility index (Phi) is 7.85. The fourth-order valence-electron chi connectivity index (χ4n) is 3.89. The number of piperidine rings is 1. The van der Waals surface area contributed by atoms with Gasteiger partial charge in [0.2, 0.25) is 5.96 Å². The Morgan fingerprint density at radius 2 is 2.13 bits per heavy atom. The number of nitrogens with one attached hydrogen (secondary N) is 2. The Labute approximate surface area is 183 Å². The van der Waals surface area contributed by atoms with E-state index in [-0.39, 0.29) is 11.2 Å². The summed E-state index contributed by atoms with van der Waals surface area (Å²) in [5.74, 6) is 0.601. The molecular formula is C23H33FN6O. The van der Waals surface area contributed by atoms with E-state index >= 15 is 0 Å². The van der Waals surface area contributed by atoms with E-state index in [1.807, 2.05) is 6.19 Å². The van der Waals surface area contributed by atoms with Gasteiger partial charge in [0.1, 0.15) is 5.82 Å². The molecule has 8 heteroatoms. The number of nitrogens with zero attached hydrogens (tertiary/aromatic N) is 4. The molecule has 0 amide bonds. The zero-order valence-corrected chi connectivity index (χ0v) is 18.7. The molecule has 0 saturated carbocycles. The standard InChI is InChI=1S/C23H33FN6O/c1-23(2,3)9-11-27-22(28-16-25)26-10-4-12-30-13-7-17(8-14-30)21-19-6-5-18(24)15-20(19)31-29-21/h5-6,15,17H,4,7-14H2,1-3H3,(H2,26,27,28). The first-order chi connectivity index (χ1) is 14.9. The van der Waals surface area contributed by atoms with E-state index in [2.05, 4.69) is 46.5 Å². The smallest absolute Gasteiger partial charge is 0.204 e. The molecule has 0 bridgehead atoms. The lowest BCUT2D eigenvalue weighted by molar-refractivity contribution is 0.208. The lowest BCUT2D eigenvalue weighted by atomic mass is 9.91. The third-order valence-electron chi connectivity index (χ3n) is 5.68. The van der Waals surface area contributed by atoms with Crippen LogP contribution in [0.2, 0.25) is 0 Å². The minimum Gasteiger partial charge on any atom is -0.356 e. The van der Waals surface area contributed by atoms with Crippen LogP contribution in [0.5, 0.6) is 0 Å². The fourth-order valence-corrected chi connectivity index (χ4v) is 3.89. The molecule has 31 heavy (non-hydrogen) atoms. The van der Waals surface area contributed by atoms with Gasteiger partial charge >= 0.3 is 0 Å². The normalized spacial score (nSPS) is 16.4. The summed E-state index contributed by atoms with van der Waals surface area (Å²) in [6, 6.07) is 4.63. The van der Waals surface area contributed by atoms with E-state index in [0.717, 1.165) is 62.9 Å². The van der Waals surface area contributed by atoms with Crippen molar-refractivity contribution in [2.75, 3.05) is 32.7 Å². The highest BCUT2D eigenvalue weighted by Crippen LogP contribution is 2.32. The number of hydrogen-bond donors (Lipinski definition) is 2. The number of guanidine groups is 1. The van der Waals surface area contributed by atoms with E-state index in [1.54, 1.807) is 6.07 Å². The second-order valence-electron chi connectivity index (χ2n) is 9.38. The van der Waals surface area contributed by atoms with Crippen molar-refractivity contribution in [3.05, 3.63) is 29.7 Å². The predicted octanol–water partition coefficient (Wildman–Crippen LogP) is 3.99. The largest absolute Gasteiger partial charge is 0.356 e. The van der Waals surface area contributed by atoms with Crippen LogP contribution in [0.4, 0.5) is 4.39 Å². The number of nitriles is 1. The average Bonchev–Trinajstić information content (AvgIpc) is 3.13. The Morgan fingerprint density at radius 1 is 1.35 bits per heavy atom. The molecule has 2 heterocycles. The Hall–Kier alpha value is -2.66. The fraction of sp³-hybridized carbons (Fsp3) is 0.609. The third kappa shape index (κ3) is 6.93. The molecule has 0 aliphatic carbocycles. The first-order valence-corrected chi connectivity index (χ1v) is 11.1. The second-order valence-corrected chi connectivity index (χ2v) is 9.38. The Balaban J connectivity index is 1.41. The Morgan fingerprint density at radius 3 is 2.84 bits per heavy atom. The van der Waals surface area contributed by atoms with Crippen molar-refractivity contribution in [3.63, 3.8) is 0 Å². The number of benzene rings is 1. The molecule has 0 atom stereocenters. The van der Waals surface area contributed by atoms with Crippen LogP contribution in [0.15, 0.2) is 27.7 Å². The number of rotatable bonds is 7. The molecule has 2 aromatic rings. The van der Waals surface area contributed by atoms with Gasteiger partial charge in [-0.1, -0.05) is 25.9 Å². The summed E-state index contributed by atoms with van der Waals surface area (Å²) in [6.45, 7) is 11.0. The molecule has 0 spiro atoms. The van der Waals surface area contributed by atoms with Crippen molar-refractivity contribution < 1.29 is 8.91 Å². The van der Waals surface area contributed by atoms with Crippen LogP contribution in [-0.4, -0.2) is 48.7 Å². The molecule has 0 radical (unpaired) electrons. The van der Waals surface area contributed by atoms with Crippen molar-refractivity contribution in [2.45, 2.75) is 52.4 Å². The maximum absolute atomic E-state index is 13.4. The molecule has 3 rings (SSSR count). The summed E-state index contributed by atoms with van der Waals surface area (Å²) in [6.07, 6.45) is 5.92. The molecule has 0 unspecified atom stereocenters. The van der Waals surface area contributed by atoms with Gasteiger partial charge in [0.15, 0.2) is 11.8 Å². The Bertz CT molecular complexity index is 918. The van der Waals surface area contributed by atoms with Gasteiger partial charge in [-0.25, -0.2) is 4.39 Å². The van der Waals surface area contributed by atoms with Gasteiger partial charge in [-0.2, -0.15) is 5.26 Å². The number of hydrogen-bond acceptors (Lipinski definition) is 5. The van der Waals surface area contributed by atoms with Crippen molar-refractivity contribution in [3.8, 4) is 6.19 Å². The van der Waals surface area contributed by atoms with E-state index in [0.29, 0.717) is 24.0 Å². The van der Waals surface area contributed by atoms with Gasteiger partial charge in [0, 0.05) is 30.5 Å². The zero-order chi connectivity index (χ0) is 22.3. The van der Waals surface area contributed by atoms with Gasteiger partial charge in [0.25, 0.3) is 0 Å². The van der Waals surface area contributed by atoms with E-state index in [9.17, 15) is 4.39 Å². The molecule has 1 aromatic heterocycles. The number of halogens is 1. The predicted molar refractivity (Wildman–Crippen MR) is 120 cm³/mol. The van der Waals surface area contributed by atoms with Crippen LogP contribution in [0.1, 0.15) is 58.1 Å². The highest BCUT2D eigenvalue weighted by molar-refractivity contribution is 5.81. The van der Waals surface area contributed by atoms with Crippen molar-refractivity contribution in [1.82, 2.24) is 20.7 Å². The maximum atomic E-state index is 13.4. The lowest BCUT2D eigenvalue weighted by Crippen LogP contribution is -2.37. The molecule has 1 aromatic carbocycles. The first-order valence-electron chi connectivity index (χ1n) is 11.1. The van der Waals surface area contributed by atoms with Crippen LogP contribution in [-0.2, 0) is 0 Å². The maximum Gasteiger partial charge on any atom is 0.204 e. The molecular weight excluding hydrogens is 395 g/mol. The molecule has 1 aliphatic rings. The highest BCUT2D eigenvalue weighted by atomic mass is 19.1. The summed E-state index contributed by atoms with van der Waals surface area (Å²) < 4.78 is 18.7. The minimum atomic E-state index is -0.301. The number of aliphatic imine (C=N–C) groups is 1. The summed E-state index contributed by atoms with van der Waals surface area (Å²) in [5, 5.41) is 19.9. The summed E-state index contributed by atoms with van der Waals surface area (Å²) in [4.78, 5) is 6.95. The number of aromatic nitrogens is 1. The quantitative estimate of drug-likeness (QED) is 0.228. The molecule has 7 nitrogen and oxygen atoms in total. The van der Waals surface area contributed by atoms with Gasteiger partial charge in [-0.3, -0.25) is 10.3 Å². The molecule has 1 saturated heterocycles. The average molecular weight is 429 g/mol. The first kappa shape index (κ1) is 23.0.